The van der Waals surface area contributed by atoms with Crippen LogP contribution in [-0.2, 0) is 0 Å². The van der Waals surface area contributed by atoms with Crippen LogP contribution in [0, 0.1) is 5.92 Å². The summed E-state index contributed by atoms with van der Waals surface area (Å²) in [6.07, 6.45) is 2.47. The normalized spacial score (nSPS) is 27.6. The second-order valence-corrected chi connectivity index (χ2v) is 5.08. The predicted molar refractivity (Wildman–Crippen MR) is 59.4 cm³/mol. The first-order valence-electron chi connectivity index (χ1n) is 5.53. The van der Waals surface area contributed by atoms with Crippen molar-refractivity contribution < 1.29 is 5.11 Å². The van der Waals surface area contributed by atoms with Gasteiger partial charge < -0.3 is 15.3 Å². The number of likely N-dealkylation sites (N-methyl/N-ethyl adjacent to an activating group) is 1. The van der Waals surface area contributed by atoms with Gasteiger partial charge in [-0.1, -0.05) is 0 Å². The smallest absolute Gasteiger partial charge is 0.0747 e. The second kappa shape index (κ2) is 4.60. The van der Waals surface area contributed by atoms with Crippen LogP contribution in [0.5, 0.6) is 0 Å². The van der Waals surface area contributed by atoms with Gasteiger partial charge in [0.1, 0.15) is 0 Å². The fraction of sp³-hybridized carbons (Fsp3) is 1.00. The largest absolute Gasteiger partial charge is 0.389 e. The predicted octanol–water partition coefficient (Wildman–Crippen LogP) is 0.687. The summed E-state index contributed by atoms with van der Waals surface area (Å²) in [5.41, 5.74) is -0.627. The minimum Gasteiger partial charge on any atom is -0.389 e. The Balaban J connectivity index is 2.60. The van der Waals surface area contributed by atoms with E-state index >= 15 is 0 Å². The number of aliphatic hydroxyl groups is 1. The van der Waals surface area contributed by atoms with Gasteiger partial charge in [0.15, 0.2) is 0 Å². The average Bonchev–Trinajstić information content (AvgIpc) is 2.02. The molecule has 0 aromatic carbocycles. The van der Waals surface area contributed by atoms with Gasteiger partial charge in [-0.05, 0) is 53.2 Å². The molecule has 1 aliphatic rings. The number of hydrogen-bond acceptors (Lipinski definition) is 3. The van der Waals surface area contributed by atoms with Gasteiger partial charge >= 0.3 is 0 Å². The quantitative estimate of drug-likeness (QED) is 0.703. The highest BCUT2D eigenvalue weighted by Crippen LogP contribution is 2.25. The minimum atomic E-state index is -0.627. The van der Waals surface area contributed by atoms with Gasteiger partial charge in [0.2, 0.25) is 0 Å². The number of rotatable bonds is 3. The molecule has 0 aliphatic carbocycles. The summed E-state index contributed by atoms with van der Waals surface area (Å²) in [5.74, 6) is 0.568. The molecular formula is C11H24N2O. The summed E-state index contributed by atoms with van der Waals surface area (Å²) in [6.45, 7) is 6.07. The van der Waals surface area contributed by atoms with Gasteiger partial charge in [-0.2, -0.15) is 0 Å². The van der Waals surface area contributed by atoms with Crippen molar-refractivity contribution in [3.63, 3.8) is 0 Å². The minimum absolute atomic E-state index is 0.199. The Morgan fingerprint density at radius 3 is 2.57 bits per heavy atom. The molecule has 2 N–H and O–H groups in total. The molecule has 0 amide bonds. The van der Waals surface area contributed by atoms with Crippen molar-refractivity contribution in [1.82, 2.24) is 10.2 Å². The van der Waals surface area contributed by atoms with E-state index in [1.807, 2.05) is 20.9 Å². The Labute approximate surface area is 87.5 Å². The first-order chi connectivity index (χ1) is 6.45. The van der Waals surface area contributed by atoms with E-state index in [0.29, 0.717) is 5.92 Å². The van der Waals surface area contributed by atoms with Crippen molar-refractivity contribution in [2.24, 2.45) is 5.92 Å². The van der Waals surface area contributed by atoms with E-state index in [1.165, 1.54) is 19.4 Å². The molecule has 0 aromatic heterocycles. The molecule has 0 spiro atoms. The standard InChI is InChI=1S/C11H24N2O/c1-11(2,14)10(12-3)9-6-5-7-13(4)8-9/h9-10,12,14H,5-8H2,1-4H3. The molecule has 0 aromatic rings. The topological polar surface area (TPSA) is 35.5 Å². The molecule has 14 heavy (non-hydrogen) atoms. The highest BCUT2D eigenvalue weighted by atomic mass is 16.3. The molecule has 84 valence electrons. The Bertz CT molecular complexity index is 177. The van der Waals surface area contributed by atoms with Gasteiger partial charge in [0, 0.05) is 12.6 Å². The van der Waals surface area contributed by atoms with Crippen molar-refractivity contribution in [3.05, 3.63) is 0 Å². The summed E-state index contributed by atoms with van der Waals surface area (Å²) in [5, 5.41) is 13.3. The van der Waals surface area contributed by atoms with Gasteiger partial charge in [0.05, 0.1) is 5.60 Å². The first kappa shape index (κ1) is 12.0. The van der Waals surface area contributed by atoms with E-state index in [9.17, 15) is 5.11 Å². The van der Waals surface area contributed by atoms with Crippen LogP contribution in [-0.4, -0.2) is 48.8 Å². The van der Waals surface area contributed by atoms with Crippen molar-refractivity contribution in [2.75, 3.05) is 27.2 Å². The van der Waals surface area contributed by atoms with Gasteiger partial charge in [-0.3, -0.25) is 0 Å². The zero-order chi connectivity index (χ0) is 10.8. The molecule has 1 fully saturated rings. The lowest BCUT2D eigenvalue weighted by atomic mass is 9.82. The lowest BCUT2D eigenvalue weighted by Crippen LogP contribution is -2.54. The molecule has 1 saturated heterocycles. The van der Waals surface area contributed by atoms with E-state index in [2.05, 4.69) is 17.3 Å². The summed E-state index contributed by atoms with van der Waals surface area (Å²) in [7, 11) is 4.10. The Morgan fingerprint density at radius 2 is 2.14 bits per heavy atom. The van der Waals surface area contributed by atoms with Crippen molar-refractivity contribution in [3.8, 4) is 0 Å². The van der Waals surface area contributed by atoms with Crippen LogP contribution in [0.25, 0.3) is 0 Å². The fourth-order valence-corrected chi connectivity index (χ4v) is 2.64. The van der Waals surface area contributed by atoms with Crippen molar-refractivity contribution >= 4 is 0 Å². The molecule has 0 radical (unpaired) electrons. The molecular weight excluding hydrogens is 176 g/mol. The van der Waals surface area contributed by atoms with Crippen LogP contribution in [0.3, 0.4) is 0 Å². The van der Waals surface area contributed by atoms with Crippen LogP contribution < -0.4 is 5.32 Å². The van der Waals surface area contributed by atoms with Gasteiger partial charge in [0.25, 0.3) is 0 Å². The van der Waals surface area contributed by atoms with E-state index in [0.717, 1.165) is 6.54 Å². The number of hydrogen-bond donors (Lipinski definition) is 2. The summed E-state index contributed by atoms with van der Waals surface area (Å²) in [6, 6.07) is 0.199. The highest BCUT2D eigenvalue weighted by Gasteiger charge is 2.34. The molecule has 1 rings (SSSR count). The second-order valence-electron chi connectivity index (χ2n) is 5.08. The molecule has 2 atom stereocenters. The summed E-state index contributed by atoms with van der Waals surface area (Å²) < 4.78 is 0. The number of piperidine rings is 1. The van der Waals surface area contributed by atoms with Gasteiger partial charge in [-0.25, -0.2) is 0 Å². The van der Waals surface area contributed by atoms with Crippen LogP contribution in [0.4, 0.5) is 0 Å². The van der Waals surface area contributed by atoms with Gasteiger partial charge in [-0.15, -0.1) is 0 Å². The lowest BCUT2D eigenvalue weighted by Gasteiger charge is -2.40. The third-order valence-electron chi connectivity index (χ3n) is 3.20. The number of nitrogens with zero attached hydrogens (tertiary/aromatic N) is 1. The highest BCUT2D eigenvalue weighted by molar-refractivity contribution is 4.91. The Kier molecular flexibility index (Phi) is 3.93. The van der Waals surface area contributed by atoms with E-state index in [-0.39, 0.29) is 6.04 Å². The summed E-state index contributed by atoms with van der Waals surface area (Å²) >= 11 is 0. The maximum absolute atomic E-state index is 10.0. The molecule has 3 heteroatoms. The Morgan fingerprint density at radius 1 is 1.50 bits per heavy atom. The molecule has 0 saturated carbocycles. The number of nitrogens with one attached hydrogen (secondary N) is 1. The molecule has 0 bridgehead atoms. The SMILES string of the molecule is CNC(C1CCCN(C)C1)C(C)(C)O. The van der Waals surface area contributed by atoms with E-state index < -0.39 is 5.60 Å². The van der Waals surface area contributed by atoms with Crippen molar-refractivity contribution in [1.29, 1.82) is 0 Å². The molecule has 1 aliphatic heterocycles. The Hall–Kier alpha value is -0.120. The van der Waals surface area contributed by atoms with Crippen LogP contribution >= 0.6 is 0 Å². The van der Waals surface area contributed by atoms with Crippen molar-refractivity contribution in [2.45, 2.75) is 38.3 Å². The van der Waals surface area contributed by atoms with E-state index in [4.69, 9.17) is 0 Å². The molecule has 1 heterocycles. The van der Waals surface area contributed by atoms with E-state index in [1.54, 1.807) is 0 Å². The monoisotopic (exact) mass is 200 g/mol. The van der Waals surface area contributed by atoms with Crippen LogP contribution in [0.2, 0.25) is 0 Å². The van der Waals surface area contributed by atoms with Crippen LogP contribution in [0.1, 0.15) is 26.7 Å². The molecule has 2 unspecified atom stereocenters. The first-order valence-corrected chi connectivity index (χ1v) is 5.53. The zero-order valence-corrected chi connectivity index (χ0v) is 9.88. The van der Waals surface area contributed by atoms with Crippen LogP contribution in [0.15, 0.2) is 0 Å². The zero-order valence-electron chi connectivity index (χ0n) is 9.88. The number of likely N-dealkylation sites (tertiary alicyclic amines) is 1. The molecule has 3 nitrogen and oxygen atoms in total. The fourth-order valence-electron chi connectivity index (χ4n) is 2.64. The lowest BCUT2D eigenvalue weighted by molar-refractivity contribution is 0.00211. The average molecular weight is 200 g/mol. The third-order valence-corrected chi connectivity index (χ3v) is 3.20. The maximum atomic E-state index is 10.0. The maximum Gasteiger partial charge on any atom is 0.0747 e. The summed E-state index contributed by atoms with van der Waals surface area (Å²) in [4.78, 5) is 2.35. The third kappa shape index (κ3) is 2.94.